The zero-order valence-electron chi connectivity index (χ0n) is 22.1. The average molecular weight is 508 g/mol. The molecule has 1 aliphatic rings. The largest absolute Gasteiger partial charge is 0.487 e. The van der Waals surface area contributed by atoms with Gasteiger partial charge < -0.3 is 4.74 Å². The summed E-state index contributed by atoms with van der Waals surface area (Å²) < 4.78 is 22.9. The monoisotopic (exact) mass is 507 g/mol. The Morgan fingerprint density at radius 3 is 2.63 bits per heavy atom. The number of hydrogen-bond donors (Lipinski definition) is 0. The topological polar surface area (TPSA) is 67.9 Å². The van der Waals surface area contributed by atoms with Crippen molar-refractivity contribution in [3.05, 3.63) is 111 Å². The number of nitrogens with zero attached hydrogens (tertiary/aromatic N) is 3. The number of fused-ring (bicyclic) bond motifs is 1. The van der Waals surface area contributed by atoms with Crippen LogP contribution in [0.3, 0.4) is 0 Å². The van der Waals surface area contributed by atoms with Gasteiger partial charge in [0.15, 0.2) is 0 Å². The molecule has 0 atom stereocenters. The van der Waals surface area contributed by atoms with Gasteiger partial charge in [-0.1, -0.05) is 43.7 Å². The second-order valence-electron chi connectivity index (χ2n) is 10.5. The van der Waals surface area contributed by atoms with Crippen molar-refractivity contribution >= 4 is 0 Å². The van der Waals surface area contributed by atoms with Crippen molar-refractivity contribution in [1.82, 2.24) is 9.55 Å². The number of nitriles is 1. The minimum absolute atomic E-state index is 0.140. The quantitative estimate of drug-likeness (QED) is 0.300. The van der Waals surface area contributed by atoms with Crippen LogP contribution in [0.5, 0.6) is 5.75 Å². The molecule has 0 unspecified atom stereocenters. The van der Waals surface area contributed by atoms with Crippen molar-refractivity contribution in [2.45, 2.75) is 59.0 Å². The number of hydrogen-bond acceptors (Lipinski definition) is 4. The second kappa shape index (κ2) is 9.90. The maximum Gasteiger partial charge on any atom is 0.261 e. The molecule has 3 aromatic carbocycles. The van der Waals surface area contributed by atoms with E-state index in [1.165, 1.54) is 6.07 Å². The molecule has 4 aromatic rings. The zero-order chi connectivity index (χ0) is 27.0. The van der Waals surface area contributed by atoms with Crippen LogP contribution in [0.15, 0.2) is 65.5 Å². The minimum Gasteiger partial charge on any atom is -0.487 e. The van der Waals surface area contributed by atoms with Gasteiger partial charge in [0, 0.05) is 35.1 Å². The molecule has 6 heteroatoms. The van der Waals surface area contributed by atoms with Crippen LogP contribution in [0, 0.1) is 24.1 Å². The van der Waals surface area contributed by atoms with E-state index in [1.54, 1.807) is 34.9 Å². The fraction of sp³-hybridized carbons (Fsp3) is 0.281. The molecule has 5 nitrogen and oxygen atoms in total. The first kappa shape index (κ1) is 25.4. The van der Waals surface area contributed by atoms with E-state index in [9.17, 15) is 10.1 Å². The Labute approximate surface area is 222 Å². The van der Waals surface area contributed by atoms with Crippen LogP contribution >= 0.6 is 0 Å². The lowest BCUT2D eigenvalue weighted by Crippen LogP contribution is -2.28. The number of aromatic nitrogens is 2. The van der Waals surface area contributed by atoms with Crippen LogP contribution in [-0.2, 0) is 19.3 Å². The molecule has 38 heavy (non-hydrogen) atoms. The third kappa shape index (κ3) is 4.72. The average Bonchev–Trinajstić information content (AvgIpc) is 3.19. The van der Waals surface area contributed by atoms with Gasteiger partial charge in [0.25, 0.3) is 5.56 Å². The number of aryl methyl sites for hydroxylation is 2. The summed E-state index contributed by atoms with van der Waals surface area (Å²) in [5.74, 6) is 1.03. The van der Waals surface area contributed by atoms with Gasteiger partial charge in [-0.2, -0.15) is 5.26 Å². The highest BCUT2D eigenvalue weighted by molar-refractivity contribution is 5.71. The highest BCUT2D eigenvalue weighted by atomic mass is 19.1. The van der Waals surface area contributed by atoms with Crippen molar-refractivity contribution in [3.8, 4) is 28.6 Å². The van der Waals surface area contributed by atoms with E-state index in [-0.39, 0.29) is 17.6 Å². The molecule has 0 amide bonds. The standard InChI is InChI=1S/C32H30FN3O2/c1-5-8-29-27(15-21-11-13-26(28(33)16-21)25-10-7-6-9-22(25)19-34)31(37)36(20(2)35-29)24-12-14-30-23(17-24)18-32(3,4)38-30/h6-7,9-14,16-17H,5,8,15,18H2,1-4H3. The van der Waals surface area contributed by atoms with E-state index in [1.807, 2.05) is 45.0 Å². The SMILES string of the molecule is CCCc1nc(C)n(-c2ccc3c(c2)CC(C)(C)O3)c(=O)c1Cc1ccc(-c2ccccc2C#N)c(F)c1. The summed E-state index contributed by atoms with van der Waals surface area (Å²) in [6, 6.07) is 19.8. The highest BCUT2D eigenvalue weighted by Crippen LogP contribution is 2.36. The fourth-order valence-corrected chi connectivity index (χ4v) is 5.29. The van der Waals surface area contributed by atoms with Crippen LogP contribution in [0.25, 0.3) is 16.8 Å². The molecule has 0 N–H and O–H groups in total. The van der Waals surface area contributed by atoms with Gasteiger partial charge in [-0.3, -0.25) is 9.36 Å². The molecule has 192 valence electrons. The normalized spacial score (nSPS) is 13.6. The highest BCUT2D eigenvalue weighted by Gasteiger charge is 2.30. The van der Waals surface area contributed by atoms with Gasteiger partial charge >= 0.3 is 0 Å². The van der Waals surface area contributed by atoms with Gasteiger partial charge in [0.05, 0.1) is 23.0 Å². The maximum atomic E-state index is 15.3. The minimum atomic E-state index is -0.427. The molecular weight excluding hydrogens is 477 g/mol. The molecular formula is C32H30FN3O2. The predicted molar refractivity (Wildman–Crippen MR) is 146 cm³/mol. The molecule has 0 saturated heterocycles. The lowest BCUT2D eigenvalue weighted by atomic mass is 9.96. The van der Waals surface area contributed by atoms with Gasteiger partial charge in [-0.25, -0.2) is 9.37 Å². The predicted octanol–water partition coefficient (Wildman–Crippen LogP) is 6.48. The molecule has 2 heterocycles. The summed E-state index contributed by atoms with van der Waals surface area (Å²) in [5, 5.41) is 9.43. The van der Waals surface area contributed by atoms with E-state index in [2.05, 4.69) is 13.0 Å². The Kier molecular flexibility index (Phi) is 6.62. The van der Waals surface area contributed by atoms with Crippen molar-refractivity contribution in [1.29, 1.82) is 5.26 Å². The first-order chi connectivity index (χ1) is 18.2. The molecule has 0 saturated carbocycles. The molecule has 1 aliphatic heterocycles. The van der Waals surface area contributed by atoms with E-state index >= 15 is 4.39 Å². The Morgan fingerprint density at radius 1 is 1.11 bits per heavy atom. The van der Waals surface area contributed by atoms with E-state index in [4.69, 9.17) is 9.72 Å². The molecule has 0 radical (unpaired) electrons. The maximum absolute atomic E-state index is 15.3. The van der Waals surface area contributed by atoms with Crippen LogP contribution in [0.1, 0.15) is 61.0 Å². The van der Waals surface area contributed by atoms with Gasteiger partial charge in [-0.05, 0) is 63.1 Å². The van der Waals surface area contributed by atoms with Gasteiger partial charge in [-0.15, -0.1) is 0 Å². The first-order valence-corrected chi connectivity index (χ1v) is 12.9. The summed E-state index contributed by atoms with van der Waals surface area (Å²) in [4.78, 5) is 18.8. The number of ether oxygens (including phenoxy) is 1. The Hall–Kier alpha value is -4.24. The molecule has 5 rings (SSSR count). The Balaban J connectivity index is 1.56. The lowest BCUT2D eigenvalue weighted by molar-refractivity contribution is 0.138. The molecule has 0 fully saturated rings. The summed E-state index contributed by atoms with van der Waals surface area (Å²) in [5.41, 5.74) is 4.71. The second-order valence-corrected chi connectivity index (χ2v) is 10.5. The van der Waals surface area contributed by atoms with Crippen molar-refractivity contribution in [3.63, 3.8) is 0 Å². The van der Waals surface area contributed by atoms with E-state index in [0.717, 1.165) is 35.5 Å². The molecule has 1 aromatic heterocycles. The van der Waals surface area contributed by atoms with Crippen LogP contribution < -0.4 is 10.3 Å². The van der Waals surface area contributed by atoms with Gasteiger partial charge in [0.2, 0.25) is 0 Å². The third-order valence-electron chi connectivity index (χ3n) is 6.97. The Morgan fingerprint density at radius 2 is 1.89 bits per heavy atom. The van der Waals surface area contributed by atoms with E-state index in [0.29, 0.717) is 40.1 Å². The van der Waals surface area contributed by atoms with Crippen LogP contribution in [-0.4, -0.2) is 15.2 Å². The van der Waals surface area contributed by atoms with E-state index < -0.39 is 5.82 Å². The summed E-state index contributed by atoms with van der Waals surface area (Å²) in [6.45, 7) is 7.99. The number of rotatable bonds is 6. The number of halogens is 1. The summed E-state index contributed by atoms with van der Waals surface area (Å²) in [7, 11) is 0. The Bertz CT molecular complexity index is 1650. The van der Waals surface area contributed by atoms with Crippen LogP contribution in [0.2, 0.25) is 0 Å². The van der Waals surface area contributed by atoms with Crippen molar-refractivity contribution < 1.29 is 9.13 Å². The zero-order valence-corrected chi connectivity index (χ0v) is 22.1. The molecule has 0 spiro atoms. The third-order valence-corrected chi connectivity index (χ3v) is 6.97. The summed E-state index contributed by atoms with van der Waals surface area (Å²) >= 11 is 0. The number of benzene rings is 3. The lowest BCUT2D eigenvalue weighted by Gasteiger charge is -2.17. The van der Waals surface area contributed by atoms with Crippen molar-refractivity contribution in [2.24, 2.45) is 0 Å². The summed E-state index contributed by atoms with van der Waals surface area (Å²) in [6.07, 6.45) is 2.53. The van der Waals surface area contributed by atoms with Crippen molar-refractivity contribution in [2.75, 3.05) is 0 Å². The molecule has 0 bridgehead atoms. The van der Waals surface area contributed by atoms with Crippen LogP contribution in [0.4, 0.5) is 4.39 Å². The molecule has 0 aliphatic carbocycles. The fourth-order valence-electron chi connectivity index (χ4n) is 5.29. The van der Waals surface area contributed by atoms with Gasteiger partial charge in [0.1, 0.15) is 23.0 Å². The smallest absolute Gasteiger partial charge is 0.261 e. The first-order valence-electron chi connectivity index (χ1n) is 12.9.